The Bertz CT molecular complexity index is 949. The number of halogens is 2. The molecule has 0 bridgehead atoms. The van der Waals surface area contributed by atoms with Crippen molar-refractivity contribution in [1.82, 2.24) is 5.32 Å². The molecule has 0 aliphatic heterocycles. The molecule has 0 spiro atoms. The van der Waals surface area contributed by atoms with Crippen molar-refractivity contribution >= 4 is 45.8 Å². The lowest BCUT2D eigenvalue weighted by Crippen LogP contribution is -2.29. The maximum atomic E-state index is 11.8. The van der Waals surface area contributed by atoms with Gasteiger partial charge in [0.1, 0.15) is 11.3 Å². The van der Waals surface area contributed by atoms with Crippen molar-refractivity contribution in [3.05, 3.63) is 69.9 Å². The van der Waals surface area contributed by atoms with Gasteiger partial charge in [0.25, 0.3) is 5.91 Å². The molecule has 1 heterocycles. The van der Waals surface area contributed by atoms with Crippen LogP contribution in [-0.2, 0) is 16.1 Å². The van der Waals surface area contributed by atoms with Crippen molar-refractivity contribution < 1.29 is 14.0 Å². The predicted molar refractivity (Wildman–Crippen MR) is 108 cm³/mol. The second-order valence-corrected chi connectivity index (χ2v) is 6.78. The summed E-state index contributed by atoms with van der Waals surface area (Å²) in [5.41, 5.74) is 2.26. The third-order valence-corrected chi connectivity index (χ3v) is 4.50. The second-order valence-electron chi connectivity index (χ2n) is 5.93. The zero-order valence-corrected chi connectivity index (χ0v) is 16.2. The first-order valence-corrected chi connectivity index (χ1v) is 9.14. The van der Waals surface area contributed by atoms with E-state index in [4.69, 9.17) is 32.5 Å². The highest BCUT2D eigenvalue weighted by Gasteiger charge is 2.08. The van der Waals surface area contributed by atoms with Crippen molar-refractivity contribution in [2.75, 3.05) is 13.2 Å². The summed E-state index contributed by atoms with van der Waals surface area (Å²) in [5, 5.41) is 8.86. The van der Waals surface area contributed by atoms with Crippen LogP contribution in [0.4, 0.5) is 0 Å². The zero-order valence-electron chi connectivity index (χ0n) is 14.7. The molecule has 2 aromatic carbocycles. The Kier molecular flexibility index (Phi) is 6.37. The molecule has 7 heteroatoms. The third kappa shape index (κ3) is 5.25. The topological polar surface area (TPSA) is 63.8 Å². The van der Waals surface area contributed by atoms with Gasteiger partial charge < -0.3 is 14.6 Å². The molecule has 3 aromatic rings. The SMILES string of the molecule is C/C(=N\OCC(=O)NCCc1ccc(Cl)cc1Cl)c1cc2ccccc2o1. The van der Waals surface area contributed by atoms with Gasteiger partial charge in [-0.1, -0.05) is 52.6 Å². The Labute approximate surface area is 166 Å². The molecule has 140 valence electrons. The number of furan rings is 1. The summed E-state index contributed by atoms with van der Waals surface area (Å²) >= 11 is 12.0. The molecule has 0 fully saturated rings. The number of hydrogen-bond donors (Lipinski definition) is 1. The Hall–Kier alpha value is -2.50. The molecule has 0 aliphatic rings. The summed E-state index contributed by atoms with van der Waals surface area (Å²) in [6, 6.07) is 14.8. The van der Waals surface area contributed by atoms with E-state index in [2.05, 4.69) is 10.5 Å². The third-order valence-electron chi connectivity index (χ3n) is 3.91. The van der Waals surface area contributed by atoms with Gasteiger partial charge in [-0.3, -0.25) is 4.79 Å². The lowest BCUT2D eigenvalue weighted by molar-refractivity contribution is -0.125. The Balaban J connectivity index is 1.45. The second kappa shape index (κ2) is 8.93. The molecule has 0 atom stereocenters. The molecule has 0 aliphatic carbocycles. The van der Waals surface area contributed by atoms with Crippen LogP contribution in [0.5, 0.6) is 0 Å². The molecule has 1 aromatic heterocycles. The van der Waals surface area contributed by atoms with Gasteiger partial charge in [0.05, 0.1) is 0 Å². The van der Waals surface area contributed by atoms with E-state index in [1.165, 1.54) is 0 Å². The van der Waals surface area contributed by atoms with E-state index in [0.717, 1.165) is 16.5 Å². The molecule has 0 saturated heterocycles. The van der Waals surface area contributed by atoms with Crippen LogP contribution in [0.3, 0.4) is 0 Å². The van der Waals surface area contributed by atoms with Crippen LogP contribution in [-0.4, -0.2) is 24.8 Å². The Morgan fingerprint density at radius 2 is 2.00 bits per heavy atom. The minimum Gasteiger partial charge on any atom is -0.455 e. The normalized spacial score (nSPS) is 11.6. The number of para-hydroxylation sites is 1. The molecule has 0 saturated carbocycles. The number of rotatable bonds is 7. The number of carbonyl (C=O) groups is 1. The number of oxime groups is 1. The highest BCUT2D eigenvalue weighted by atomic mass is 35.5. The lowest BCUT2D eigenvalue weighted by Gasteiger charge is -2.06. The van der Waals surface area contributed by atoms with Gasteiger partial charge in [-0.15, -0.1) is 0 Å². The first kappa shape index (κ1) is 19.3. The minimum atomic E-state index is -0.263. The van der Waals surface area contributed by atoms with Crippen molar-refractivity contribution in [3.8, 4) is 0 Å². The minimum absolute atomic E-state index is 0.175. The van der Waals surface area contributed by atoms with Crippen molar-refractivity contribution in [1.29, 1.82) is 0 Å². The van der Waals surface area contributed by atoms with Gasteiger partial charge in [0.15, 0.2) is 12.4 Å². The fourth-order valence-corrected chi connectivity index (χ4v) is 3.01. The molecule has 0 radical (unpaired) electrons. The van der Waals surface area contributed by atoms with Gasteiger partial charge in [-0.05, 0) is 43.2 Å². The van der Waals surface area contributed by atoms with E-state index < -0.39 is 0 Å². The summed E-state index contributed by atoms with van der Waals surface area (Å²) in [4.78, 5) is 17.0. The van der Waals surface area contributed by atoms with Crippen molar-refractivity contribution in [3.63, 3.8) is 0 Å². The first-order valence-electron chi connectivity index (χ1n) is 8.39. The zero-order chi connectivity index (χ0) is 19.2. The Morgan fingerprint density at radius 1 is 1.19 bits per heavy atom. The van der Waals surface area contributed by atoms with Crippen molar-refractivity contribution in [2.24, 2.45) is 5.16 Å². The predicted octanol–water partition coefficient (Wildman–Crippen LogP) is 4.84. The quantitative estimate of drug-likeness (QED) is 0.452. The van der Waals surface area contributed by atoms with Crippen LogP contribution in [0.2, 0.25) is 10.0 Å². The number of hydrogen-bond acceptors (Lipinski definition) is 4. The number of amides is 1. The van der Waals surface area contributed by atoms with Crippen LogP contribution in [0, 0.1) is 0 Å². The highest BCUT2D eigenvalue weighted by molar-refractivity contribution is 6.35. The highest BCUT2D eigenvalue weighted by Crippen LogP contribution is 2.21. The van der Waals surface area contributed by atoms with E-state index in [1.54, 1.807) is 19.1 Å². The maximum absolute atomic E-state index is 11.8. The van der Waals surface area contributed by atoms with E-state index in [0.29, 0.717) is 34.5 Å². The summed E-state index contributed by atoms with van der Waals surface area (Å²) in [7, 11) is 0. The molecular weight excluding hydrogens is 387 g/mol. The van der Waals surface area contributed by atoms with Gasteiger partial charge in [-0.2, -0.15) is 0 Å². The average molecular weight is 405 g/mol. The number of nitrogens with zero attached hydrogens (tertiary/aromatic N) is 1. The summed E-state index contributed by atoms with van der Waals surface area (Å²) in [5.74, 6) is 0.343. The Morgan fingerprint density at radius 3 is 2.78 bits per heavy atom. The van der Waals surface area contributed by atoms with Gasteiger partial charge in [0, 0.05) is 22.0 Å². The summed E-state index contributed by atoms with van der Waals surface area (Å²) in [6.07, 6.45) is 0.600. The number of nitrogens with one attached hydrogen (secondary N) is 1. The van der Waals surface area contributed by atoms with Crippen LogP contribution in [0.1, 0.15) is 18.2 Å². The number of carbonyl (C=O) groups excluding carboxylic acids is 1. The first-order chi connectivity index (χ1) is 13.0. The molecule has 5 nitrogen and oxygen atoms in total. The van der Waals surface area contributed by atoms with E-state index >= 15 is 0 Å². The van der Waals surface area contributed by atoms with E-state index in [9.17, 15) is 4.79 Å². The molecule has 1 N–H and O–H groups in total. The molecule has 1 amide bonds. The van der Waals surface area contributed by atoms with Crippen LogP contribution >= 0.6 is 23.2 Å². The molecular formula is C20H18Cl2N2O3. The number of fused-ring (bicyclic) bond motifs is 1. The fraction of sp³-hybridized carbons (Fsp3) is 0.200. The average Bonchev–Trinajstić information content (AvgIpc) is 3.08. The van der Waals surface area contributed by atoms with Crippen LogP contribution in [0.25, 0.3) is 11.0 Å². The fourth-order valence-electron chi connectivity index (χ4n) is 2.50. The summed E-state index contributed by atoms with van der Waals surface area (Å²) < 4.78 is 5.69. The largest absolute Gasteiger partial charge is 0.455 e. The maximum Gasteiger partial charge on any atom is 0.260 e. The van der Waals surface area contributed by atoms with Gasteiger partial charge in [0.2, 0.25) is 0 Å². The van der Waals surface area contributed by atoms with Crippen molar-refractivity contribution in [2.45, 2.75) is 13.3 Å². The molecule has 3 rings (SSSR count). The monoisotopic (exact) mass is 404 g/mol. The number of benzene rings is 2. The van der Waals surface area contributed by atoms with E-state index in [1.807, 2.05) is 36.4 Å². The molecule has 27 heavy (non-hydrogen) atoms. The smallest absolute Gasteiger partial charge is 0.260 e. The summed E-state index contributed by atoms with van der Waals surface area (Å²) in [6.45, 7) is 2.03. The van der Waals surface area contributed by atoms with E-state index in [-0.39, 0.29) is 12.5 Å². The molecule has 0 unspecified atom stereocenters. The lowest BCUT2D eigenvalue weighted by atomic mass is 10.1. The van der Waals surface area contributed by atoms with Crippen LogP contribution in [0.15, 0.2) is 58.1 Å². The van der Waals surface area contributed by atoms with Crippen LogP contribution < -0.4 is 5.32 Å². The standard InChI is InChI=1S/C20H18Cl2N2O3/c1-13(19-10-15-4-2-3-5-18(15)27-19)24-26-12-20(25)23-9-8-14-6-7-16(21)11-17(14)22/h2-7,10-11H,8-9,12H2,1H3,(H,23,25)/b24-13+. The van der Waals surface area contributed by atoms with Gasteiger partial charge >= 0.3 is 0 Å². The van der Waals surface area contributed by atoms with Gasteiger partial charge in [-0.25, -0.2) is 0 Å².